The maximum Gasteiger partial charge on any atom is 0.307 e. The largest absolute Gasteiger partial charge is 0.338 e. The predicted octanol–water partition coefficient (Wildman–Crippen LogP) is 0.931. The van der Waals surface area contributed by atoms with E-state index in [-0.39, 0.29) is 30.8 Å². The number of carbonyl (C=O) groups excluding carboxylic acids is 1. The van der Waals surface area contributed by atoms with E-state index in [4.69, 9.17) is 0 Å². The van der Waals surface area contributed by atoms with Gasteiger partial charge in [-0.3, -0.25) is 4.79 Å². The molecule has 1 rings (SSSR count). The fourth-order valence-electron chi connectivity index (χ4n) is 1.64. The Morgan fingerprint density at radius 1 is 1.40 bits per heavy atom. The number of nitrogens with zero attached hydrogens (tertiary/aromatic N) is 1. The summed E-state index contributed by atoms with van der Waals surface area (Å²) in [6.45, 7) is 5.71. The molecule has 0 aromatic heterocycles. The van der Waals surface area contributed by atoms with Crippen molar-refractivity contribution in [1.82, 2.24) is 4.90 Å². The van der Waals surface area contributed by atoms with Crippen molar-refractivity contribution in [3.63, 3.8) is 0 Å². The summed E-state index contributed by atoms with van der Waals surface area (Å²) in [5, 5.41) is -1.17. The van der Waals surface area contributed by atoms with Gasteiger partial charge >= 0.3 is 10.2 Å². The van der Waals surface area contributed by atoms with E-state index >= 15 is 0 Å². The molecule has 0 aromatic rings. The van der Waals surface area contributed by atoms with E-state index in [1.807, 2.05) is 20.8 Å². The minimum atomic E-state index is -4.59. The summed E-state index contributed by atoms with van der Waals surface area (Å²) in [4.78, 5) is 12.9. The Hall–Kier alpha value is -0.650. The van der Waals surface area contributed by atoms with Gasteiger partial charge in [-0.15, -0.1) is 3.89 Å². The topological polar surface area (TPSA) is 54.5 Å². The minimum Gasteiger partial charge on any atom is -0.338 e. The van der Waals surface area contributed by atoms with Gasteiger partial charge in [-0.1, -0.05) is 13.8 Å². The molecular weight excluding hydrogens is 221 g/mol. The molecule has 0 aromatic carbocycles. The smallest absolute Gasteiger partial charge is 0.307 e. The molecule has 6 heteroatoms. The van der Waals surface area contributed by atoms with E-state index in [9.17, 15) is 17.1 Å². The first-order valence-corrected chi connectivity index (χ1v) is 6.41. The molecule has 88 valence electrons. The van der Waals surface area contributed by atoms with Crippen LogP contribution in [0, 0.1) is 5.92 Å². The zero-order valence-electron chi connectivity index (χ0n) is 9.10. The van der Waals surface area contributed by atoms with Crippen LogP contribution >= 0.6 is 0 Å². The molecule has 0 aliphatic carbocycles. The molecule has 0 spiro atoms. The second kappa shape index (κ2) is 4.08. The van der Waals surface area contributed by atoms with Crippen molar-refractivity contribution in [3.8, 4) is 0 Å². The second-order valence-electron chi connectivity index (χ2n) is 4.33. The fraction of sp³-hybridized carbons (Fsp3) is 0.889. The number of rotatable bonds is 3. The summed E-state index contributed by atoms with van der Waals surface area (Å²) in [5.74, 6) is -0.0440. The van der Waals surface area contributed by atoms with Crippen LogP contribution in [0.4, 0.5) is 3.89 Å². The van der Waals surface area contributed by atoms with Gasteiger partial charge in [0.05, 0.1) is 0 Å². The molecule has 1 amide bonds. The second-order valence-corrected chi connectivity index (χ2v) is 5.95. The van der Waals surface area contributed by atoms with Gasteiger partial charge in [0.25, 0.3) is 0 Å². The number of carbonyl (C=O) groups is 1. The summed E-state index contributed by atoms with van der Waals surface area (Å²) in [6, 6.07) is -0.0516. The van der Waals surface area contributed by atoms with Crippen LogP contribution in [0.3, 0.4) is 0 Å². The molecule has 1 aliphatic rings. The molecule has 1 heterocycles. The van der Waals surface area contributed by atoms with Gasteiger partial charge in [0.2, 0.25) is 5.91 Å². The van der Waals surface area contributed by atoms with Crippen molar-refractivity contribution in [1.29, 1.82) is 0 Å². The fourth-order valence-corrected chi connectivity index (χ4v) is 2.32. The third-order valence-electron chi connectivity index (χ3n) is 2.98. The number of amides is 1. The Kier molecular flexibility index (Phi) is 3.38. The highest BCUT2D eigenvalue weighted by Gasteiger charge is 2.40. The van der Waals surface area contributed by atoms with Gasteiger partial charge in [0, 0.05) is 19.0 Å². The monoisotopic (exact) mass is 237 g/mol. The van der Waals surface area contributed by atoms with Crippen LogP contribution in [0.2, 0.25) is 0 Å². The molecule has 0 radical (unpaired) electrons. The molecule has 1 saturated heterocycles. The highest BCUT2D eigenvalue weighted by Crippen LogP contribution is 2.24. The van der Waals surface area contributed by atoms with Gasteiger partial charge in [0.15, 0.2) is 0 Å². The van der Waals surface area contributed by atoms with Crippen LogP contribution in [0.5, 0.6) is 0 Å². The number of hydrogen-bond donors (Lipinski definition) is 0. The Morgan fingerprint density at radius 3 is 2.27 bits per heavy atom. The van der Waals surface area contributed by atoms with Crippen LogP contribution in [-0.4, -0.2) is 37.1 Å². The zero-order valence-corrected chi connectivity index (χ0v) is 9.92. The first-order chi connectivity index (χ1) is 6.73. The molecule has 15 heavy (non-hydrogen) atoms. The third-order valence-corrected chi connectivity index (χ3v) is 4.09. The lowest BCUT2D eigenvalue weighted by Gasteiger charge is -2.27. The van der Waals surface area contributed by atoms with Gasteiger partial charge in [-0.05, 0) is 12.8 Å². The van der Waals surface area contributed by atoms with E-state index in [2.05, 4.69) is 0 Å². The normalized spacial score (nSPS) is 25.0. The van der Waals surface area contributed by atoms with Gasteiger partial charge < -0.3 is 4.90 Å². The Morgan fingerprint density at radius 2 is 1.93 bits per heavy atom. The van der Waals surface area contributed by atoms with E-state index in [0.717, 1.165) is 0 Å². The molecule has 0 bridgehead atoms. The van der Waals surface area contributed by atoms with E-state index in [1.165, 1.54) is 4.90 Å². The van der Waals surface area contributed by atoms with Crippen molar-refractivity contribution in [2.24, 2.45) is 5.92 Å². The summed E-state index contributed by atoms with van der Waals surface area (Å²) in [6.07, 6.45) is -0.226. The molecule has 0 N–H and O–H groups in total. The molecule has 0 saturated carbocycles. The lowest BCUT2D eigenvalue weighted by atomic mass is 10.1. The van der Waals surface area contributed by atoms with Crippen LogP contribution in [0.25, 0.3) is 0 Å². The average Bonchev–Trinajstić information content (AvgIpc) is 2.45. The SMILES string of the molecule is CC(C)C(C)N1CC(S(=O)(=O)F)CC1=O. The van der Waals surface area contributed by atoms with Crippen LogP contribution in [-0.2, 0) is 15.0 Å². The van der Waals surface area contributed by atoms with E-state index < -0.39 is 15.5 Å². The van der Waals surface area contributed by atoms with Gasteiger partial charge in [-0.25, -0.2) is 0 Å². The summed E-state index contributed by atoms with van der Waals surface area (Å²) in [5.41, 5.74) is 0. The van der Waals surface area contributed by atoms with Crippen molar-refractivity contribution in [2.45, 2.75) is 38.5 Å². The van der Waals surface area contributed by atoms with Crippen molar-refractivity contribution >= 4 is 16.1 Å². The number of halogens is 1. The van der Waals surface area contributed by atoms with Crippen LogP contribution < -0.4 is 0 Å². The van der Waals surface area contributed by atoms with Gasteiger partial charge in [-0.2, -0.15) is 8.42 Å². The molecule has 1 fully saturated rings. The zero-order chi connectivity index (χ0) is 11.8. The van der Waals surface area contributed by atoms with Crippen LogP contribution in [0.15, 0.2) is 0 Å². The summed E-state index contributed by atoms with van der Waals surface area (Å²) in [7, 11) is -4.59. The van der Waals surface area contributed by atoms with Gasteiger partial charge in [0.1, 0.15) is 5.25 Å². The first kappa shape index (κ1) is 12.4. The highest BCUT2D eigenvalue weighted by atomic mass is 32.3. The number of hydrogen-bond acceptors (Lipinski definition) is 3. The third kappa shape index (κ3) is 2.68. The quantitative estimate of drug-likeness (QED) is 0.686. The maximum absolute atomic E-state index is 12.7. The molecule has 2 atom stereocenters. The molecular formula is C9H16FNO3S. The van der Waals surface area contributed by atoms with Crippen molar-refractivity contribution in [2.75, 3.05) is 6.54 Å². The molecule has 1 aliphatic heterocycles. The lowest BCUT2D eigenvalue weighted by molar-refractivity contribution is -0.130. The predicted molar refractivity (Wildman–Crippen MR) is 54.4 cm³/mol. The molecule has 2 unspecified atom stereocenters. The summed E-state index contributed by atoms with van der Waals surface area (Å²) < 4.78 is 34.0. The number of likely N-dealkylation sites (tertiary alicyclic amines) is 1. The van der Waals surface area contributed by atoms with Crippen molar-refractivity contribution < 1.29 is 17.1 Å². The van der Waals surface area contributed by atoms with Crippen molar-refractivity contribution in [3.05, 3.63) is 0 Å². The van der Waals surface area contributed by atoms with E-state index in [0.29, 0.717) is 0 Å². The highest BCUT2D eigenvalue weighted by molar-refractivity contribution is 7.87. The Balaban J connectivity index is 2.78. The maximum atomic E-state index is 12.7. The lowest BCUT2D eigenvalue weighted by Crippen LogP contribution is -2.38. The Bertz CT molecular complexity index is 352. The standard InChI is InChI=1S/C9H16FNO3S/c1-6(2)7(3)11-5-8(4-9(11)12)15(10,13)14/h6-8H,4-5H2,1-3H3. The minimum absolute atomic E-state index is 0.0169. The Labute approximate surface area is 89.7 Å². The van der Waals surface area contributed by atoms with Crippen LogP contribution in [0.1, 0.15) is 27.2 Å². The average molecular weight is 237 g/mol. The molecule has 4 nitrogen and oxygen atoms in total. The van der Waals surface area contributed by atoms with E-state index in [1.54, 1.807) is 0 Å². The summed E-state index contributed by atoms with van der Waals surface area (Å²) >= 11 is 0. The first-order valence-electron chi connectivity index (χ1n) is 4.96.